The van der Waals surface area contributed by atoms with Crippen molar-refractivity contribution in [3.05, 3.63) is 35.4 Å². The number of benzene rings is 1. The Morgan fingerprint density at radius 3 is 2.04 bits per heavy atom. The molecule has 134 valence electrons. The van der Waals surface area contributed by atoms with E-state index in [1.807, 2.05) is 0 Å². The second kappa shape index (κ2) is 5.96. The lowest BCUT2D eigenvalue weighted by Crippen LogP contribution is -2.52. The normalized spacial score (nSPS) is 33.8. The van der Waals surface area contributed by atoms with Crippen molar-refractivity contribution < 1.29 is 4.79 Å². The SMILES string of the molecule is CC(C)(C)c1ccc(/C=N/NC(=O)C23CC4CC(CC(C4)C2)C3)cc1. The van der Waals surface area contributed by atoms with Gasteiger partial charge in [0.25, 0.3) is 0 Å². The van der Waals surface area contributed by atoms with E-state index < -0.39 is 0 Å². The molecule has 4 saturated carbocycles. The van der Waals surface area contributed by atoms with Crippen LogP contribution in [-0.4, -0.2) is 12.1 Å². The largest absolute Gasteiger partial charge is 0.273 e. The molecule has 4 aliphatic rings. The van der Waals surface area contributed by atoms with Crippen LogP contribution in [0, 0.1) is 23.2 Å². The summed E-state index contributed by atoms with van der Waals surface area (Å²) in [6, 6.07) is 8.42. The zero-order valence-electron chi connectivity index (χ0n) is 15.7. The van der Waals surface area contributed by atoms with Crippen LogP contribution >= 0.6 is 0 Å². The second-order valence-corrected chi connectivity index (χ2v) is 9.77. The molecule has 0 atom stereocenters. The van der Waals surface area contributed by atoms with Crippen molar-refractivity contribution in [2.45, 2.75) is 64.7 Å². The van der Waals surface area contributed by atoms with Gasteiger partial charge < -0.3 is 0 Å². The van der Waals surface area contributed by atoms with Crippen LogP contribution in [0.25, 0.3) is 0 Å². The molecule has 3 heteroatoms. The van der Waals surface area contributed by atoms with Gasteiger partial charge in [0.15, 0.2) is 0 Å². The van der Waals surface area contributed by atoms with Crippen LogP contribution in [-0.2, 0) is 10.2 Å². The predicted octanol–water partition coefficient (Wildman–Crippen LogP) is 4.65. The first-order valence-electron chi connectivity index (χ1n) is 9.78. The van der Waals surface area contributed by atoms with E-state index in [2.05, 4.69) is 55.6 Å². The highest BCUT2D eigenvalue weighted by molar-refractivity contribution is 5.85. The van der Waals surface area contributed by atoms with Gasteiger partial charge in [0, 0.05) is 0 Å². The van der Waals surface area contributed by atoms with Gasteiger partial charge in [-0.25, -0.2) is 5.43 Å². The van der Waals surface area contributed by atoms with Gasteiger partial charge in [-0.1, -0.05) is 45.0 Å². The Hall–Kier alpha value is -1.64. The highest BCUT2D eigenvalue weighted by atomic mass is 16.2. The van der Waals surface area contributed by atoms with Crippen molar-refractivity contribution >= 4 is 12.1 Å². The molecule has 5 rings (SSSR count). The molecule has 0 saturated heterocycles. The van der Waals surface area contributed by atoms with Crippen LogP contribution in [0.3, 0.4) is 0 Å². The minimum Gasteiger partial charge on any atom is -0.273 e. The van der Waals surface area contributed by atoms with Gasteiger partial charge in [0.05, 0.1) is 11.6 Å². The number of carbonyl (C=O) groups is 1. The zero-order valence-corrected chi connectivity index (χ0v) is 15.7. The van der Waals surface area contributed by atoms with Crippen molar-refractivity contribution in [3.8, 4) is 0 Å². The lowest BCUT2D eigenvalue weighted by molar-refractivity contribution is -0.146. The first-order chi connectivity index (χ1) is 11.8. The van der Waals surface area contributed by atoms with Crippen LogP contribution in [0.2, 0.25) is 0 Å². The molecule has 1 aromatic carbocycles. The Labute approximate surface area is 151 Å². The molecule has 0 heterocycles. The topological polar surface area (TPSA) is 41.5 Å². The maximum atomic E-state index is 12.8. The molecule has 4 fully saturated rings. The number of carbonyl (C=O) groups excluding carboxylic acids is 1. The van der Waals surface area contributed by atoms with E-state index in [9.17, 15) is 4.79 Å². The Bertz CT molecular complexity index is 646. The molecule has 25 heavy (non-hydrogen) atoms. The van der Waals surface area contributed by atoms with Crippen molar-refractivity contribution in [2.75, 3.05) is 0 Å². The van der Waals surface area contributed by atoms with E-state index in [4.69, 9.17) is 0 Å². The molecule has 1 amide bonds. The lowest BCUT2D eigenvalue weighted by atomic mass is 9.49. The van der Waals surface area contributed by atoms with Crippen molar-refractivity contribution in [1.29, 1.82) is 0 Å². The Morgan fingerprint density at radius 2 is 1.56 bits per heavy atom. The third-order valence-electron chi connectivity index (χ3n) is 6.68. The minimum absolute atomic E-state index is 0.123. The van der Waals surface area contributed by atoms with Gasteiger partial charge in [0.1, 0.15) is 0 Å². The summed E-state index contributed by atoms with van der Waals surface area (Å²) >= 11 is 0. The summed E-state index contributed by atoms with van der Waals surface area (Å²) in [7, 11) is 0. The predicted molar refractivity (Wildman–Crippen MR) is 101 cm³/mol. The molecule has 0 radical (unpaired) electrons. The highest BCUT2D eigenvalue weighted by Crippen LogP contribution is 2.60. The molecule has 4 aliphatic carbocycles. The first kappa shape index (κ1) is 16.8. The maximum absolute atomic E-state index is 12.8. The molecule has 1 N–H and O–H groups in total. The molecule has 1 aromatic rings. The summed E-state index contributed by atoms with van der Waals surface area (Å²) in [4.78, 5) is 12.8. The van der Waals surface area contributed by atoms with Gasteiger partial charge in [-0.15, -0.1) is 0 Å². The van der Waals surface area contributed by atoms with Gasteiger partial charge >= 0.3 is 0 Å². The fraction of sp³-hybridized carbons (Fsp3) is 0.636. The van der Waals surface area contributed by atoms with Crippen LogP contribution < -0.4 is 5.43 Å². The van der Waals surface area contributed by atoms with Crippen molar-refractivity contribution in [3.63, 3.8) is 0 Å². The van der Waals surface area contributed by atoms with Crippen molar-refractivity contribution in [2.24, 2.45) is 28.3 Å². The number of hydrazone groups is 1. The maximum Gasteiger partial charge on any atom is 0.246 e. The van der Waals surface area contributed by atoms with Crippen LogP contribution in [0.15, 0.2) is 29.4 Å². The summed E-state index contributed by atoms with van der Waals surface area (Å²) < 4.78 is 0. The number of nitrogens with one attached hydrogen (secondary N) is 1. The van der Waals surface area contributed by atoms with E-state index in [0.29, 0.717) is 0 Å². The monoisotopic (exact) mass is 338 g/mol. The van der Waals surface area contributed by atoms with E-state index >= 15 is 0 Å². The number of amides is 1. The quantitative estimate of drug-likeness (QED) is 0.632. The molecule has 4 bridgehead atoms. The van der Waals surface area contributed by atoms with Gasteiger partial charge in [0.2, 0.25) is 5.91 Å². The van der Waals surface area contributed by atoms with E-state index in [1.165, 1.54) is 24.8 Å². The highest BCUT2D eigenvalue weighted by Gasteiger charge is 2.54. The molecular formula is C22H30N2O. The summed E-state index contributed by atoms with van der Waals surface area (Å²) in [5, 5.41) is 4.27. The standard InChI is InChI=1S/C22H30N2O/c1-21(2,3)19-6-4-15(5-7-19)14-23-24-20(25)22-11-16-8-17(12-22)10-18(9-16)13-22/h4-7,14,16-18H,8-13H2,1-3H3,(H,24,25)/b23-14+. The van der Waals surface area contributed by atoms with Gasteiger partial charge in [-0.3, -0.25) is 4.79 Å². The summed E-state index contributed by atoms with van der Waals surface area (Å²) in [5.41, 5.74) is 5.23. The number of nitrogens with zero attached hydrogens (tertiary/aromatic N) is 1. The van der Waals surface area contributed by atoms with Crippen LogP contribution in [0.4, 0.5) is 0 Å². The number of hydrogen-bond acceptors (Lipinski definition) is 2. The number of hydrogen-bond donors (Lipinski definition) is 1. The Morgan fingerprint density at radius 1 is 1.04 bits per heavy atom. The molecule has 0 aromatic heterocycles. The number of rotatable bonds is 3. The zero-order chi connectivity index (χ0) is 17.7. The summed E-state index contributed by atoms with van der Waals surface area (Å²) in [6.07, 6.45) is 9.09. The smallest absolute Gasteiger partial charge is 0.246 e. The average molecular weight is 338 g/mol. The van der Waals surface area contributed by atoms with Crippen LogP contribution in [0.1, 0.15) is 70.4 Å². The molecule has 0 aliphatic heterocycles. The van der Waals surface area contributed by atoms with E-state index in [-0.39, 0.29) is 16.7 Å². The van der Waals surface area contributed by atoms with Gasteiger partial charge in [-0.2, -0.15) is 5.10 Å². The fourth-order valence-corrected chi connectivity index (χ4v) is 5.74. The summed E-state index contributed by atoms with van der Waals surface area (Å²) in [6.45, 7) is 6.63. The first-order valence-corrected chi connectivity index (χ1v) is 9.78. The Kier molecular flexibility index (Phi) is 4.01. The van der Waals surface area contributed by atoms with Crippen molar-refractivity contribution in [1.82, 2.24) is 5.43 Å². The molecule has 3 nitrogen and oxygen atoms in total. The van der Waals surface area contributed by atoms with E-state index in [0.717, 1.165) is 42.6 Å². The third-order valence-corrected chi connectivity index (χ3v) is 6.68. The van der Waals surface area contributed by atoms with Crippen LogP contribution in [0.5, 0.6) is 0 Å². The molecular weight excluding hydrogens is 308 g/mol. The van der Waals surface area contributed by atoms with Gasteiger partial charge in [-0.05, 0) is 72.8 Å². The molecule has 0 unspecified atom stereocenters. The lowest BCUT2D eigenvalue weighted by Gasteiger charge is -2.55. The average Bonchev–Trinajstić information content (AvgIpc) is 2.53. The minimum atomic E-state index is -0.123. The fourth-order valence-electron chi connectivity index (χ4n) is 5.74. The summed E-state index contributed by atoms with van der Waals surface area (Å²) in [5.74, 6) is 2.51. The third kappa shape index (κ3) is 3.26. The molecule has 0 spiro atoms. The second-order valence-electron chi connectivity index (χ2n) is 9.77. The van der Waals surface area contributed by atoms with E-state index in [1.54, 1.807) is 6.21 Å². The Balaban J connectivity index is 1.40.